The van der Waals surface area contributed by atoms with Crippen molar-refractivity contribution >= 4 is 5.91 Å². The summed E-state index contributed by atoms with van der Waals surface area (Å²) in [6.07, 6.45) is 0.947. The standard InChI is InChI=1S/C18H21NO/c1-4-15-9-7-11-16(12-15)18(20)19(3)13-17-10-6-5-8-14(17)2/h5-12H,4,13H2,1-3H3. The summed E-state index contributed by atoms with van der Waals surface area (Å²) < 4.78 is 0. The fraction of sp³-hybridized carbons (Fsp3) is 0.278. The average Bonchev–Trinajstić information content (AvgIpc) is 2.48. The lowest BCUT2D eigenvalue weighted by molar-refractivity contribution is 0.0785. The van der Waals surface area contributed by atoms with Crippen molar-refractivity contribution in [1.82, 2.24) is 4.90 Å². The van der Waals surface area contributed by atoms with Gasteiger partial charge in [-0.2, -0.15) is 0 Å². The van der Waals surface area contributed by atoms with E-state index in [-0.39, 0.29) is 5.91 Å². The van der Waals surface area contributed by atoms with Gasteiger partial charge in [0.2, 0.25) is 0 Å². The highest BCUT2D eigenvalue weighted by atomic mass is 16.2. The molecule has 0 bridgehead atoms. The molecule has 0 aromatic heterocycles. The maximum Gasteiger partial charge on any atom is 0.253 e. The van der Waals surface area contributed by atoms with Gasteiger partial charge < -0.3 is 4.90 Å². The van der Waals surface area contributed by atoms with Gasteiger partial charge >= 0.3 is 0 Å². The van der Waals surface area contributed by atoms with Gasteiger partial charge in [-0.05, 0) is 42.2 Å². The molecule has 0 aliphatic carbocycles. The van der Waals surface area contributed by atoms with E-state index in [2.05, 4.69) is 32.0 Å². The predicted octanol–water partition coefficient (Wildman–Crippen LogP) is 3.83. The van der Waals surface area contributed by atoms with E-state index in [1.807, 2.05) is 37.4 Å². The Labute approximate surface area is 121 Å². The van der Waals surface area contributed by atoms with Crippen molar-refractivity contribution in [3.8, 4) is 0 Å². The molecule has 2 rings (SSSR count). The van der Waals surface area contributed by atoms with Crippen LogP contribution in [0, 0.1) is 6.92 Å². The minimum Gasteiger partial charge on any atom is -0.337 e. The van der Waals surface area contributed by atoms with Crippen molar-refractivity contribution in [3.05, 3.63) is 70.8 Å². The zero-order valence-corrected chi connectivity index (χ0v) is 12.4. The zero-order valence-electron chi connectivity index (χ0n) is 12.4. The summed E-state index contributed by atoms with van der Waals surface area (Å²) in [6, 6.07) is 16.1. The largest absolute Gasteiger partial charge is 0.337 e. The molecule has 0 aliphatic rings. The van der Waals surface area contributed by atoms with Gasteiger partial charge in [0.25, 0.3) is 5.91 Å². The molecule has 0 spiro atoms. The van der Waals surface area contributed by atoms with Crippen LogP contribution in [-0.2, 0) is 13.0 Å². The molecule has 2 aromatic carbocycles. The second-order valence-corrected chi connectivity index (χ2v) is 5.14. The fourth-order valence-electron chi connectivity index (χ4n) is 2.26. The van der Waals surface area contributed by atoms with Crippen LogP contribution in [0.5, 0.6) is 0 Å². The molecule has 0 atom stereocenters. The smallest absolute Gasteiger partial charge is 0.253 e. The van der Waals surface area contributed by atoms with E-state index in [1.54, 1.807) is 4.90 Å². The number of hydrogen-bond donors (Lipinski definition) is 0. The van der Waals surface area contributed by atoms with Gasteiger partial charge in [0.15, 0.2) is 0 Å². The molecule has 0 N–H and O–H groups in total. The third-order valence-corrected chi connectivity index (χ3v) is 3.60. The third-order valence-electron chi connectivity index (χ3n) is 3.60. The third kappa shape index (κ3) is 3.27. The molecule has 2 aromatic rings. The van der Waals surface area contributed by atoms with Crippen molar-refractivity contribution in [2.24, 2.45) is 0 Å². The average molecular weight is 267 g/mol. The molecule has 0 unspecified atom stereocenters. The predicted molar refractivity (Wildman–Crippen MR) is 82.8 cm³/mol. The molecule has 2 heteroatoms. The molecule has 0 fully saturated rings. The first-order valence-corrected chi connectivity index (χ1v) is 7.00. The normalized spacial score (nSPS) is 10.3. The highest BCUT2D eigenvalue weighted by Gasteiger charge is 2.12. The van der Waals surface area contributed by atoms with E-state index in [0.29, 0.717) is 6.54 Å². The lowest BCUT2D eigenvalue weighted by Gasteiger charge is -2.19. The molecule has 0 heterocycles. The van der Waals surface area contributed by atoms with Crippen LogP contribution in [-0.4, -0.2) is 17.9 Å². The van der Waals surface area contributed by atoms with E-state index in [1.165, 1.54) is 16.7 Å². The highest BCUT2D eigenvalue weighted by molar-refractivity contribution is 5.94. The number of benzene rings is 2. The number of rotatable bonds is 4. The SMILES string of the molecule is CCc1cccc(C(=O)N(C)Cc2ccccc2C)c1. The summed E-state index contributed by atoms with van der Waals surface area (Å²) in [5, 5.41) is 0. The summed E-state index contributed by atoms with van der Waals surface area (Å²) in [5.41, 5.74) is 4.37. The molecule has 1 amide bonds. The highest BCUT2D eigenvalue weighted by Crippen LogP contribution is 2.13. The van der Waals surface area contributed by atoms with Crippen LogP contribution in [0.1, 0.15) is 34.0 Å². The second-order valence-electron chi connectivity index (χ2n) is 5.14. The van der Waals surface area contributed by atoms with Crippen LogP contribution in [0.15, 0.2) is 48.5 Å². The van der Waals surface area contributed by atoms with Crippen LogP contribution in [0.2, 0.25) is 0 Å². The maximum absolute atomic E-state index is 12.5. The molecule has 2 nitrogen and oxygen atoms in total. The summed E-state index contributed by atoms with van der Waals surface area (Å²) >= 11 is 0. The van der Waals surface area contributed by atoms with Crippen molar-refractivity contribution in [2.75, 3.05) is 7.05 Å². The first-order valence-electron chi connectivity index (χ1n) is 7.00. The first-order chi connectivity index (χ1) is 9.61. The van der Waals surface area contributed by atoms with E-state index in [0.717, 1.165) is 12.0 Å². The number of nitrogens with zero attached hydrogens (tertiary/aromatic N) is 1. The molecule has 0 saturated carbocycles. The molecule has 0 saturated heterocycles. The Morgan fingerprint density at radius 3 is 2.55 bits per heavy atom. The van der Waals surface area contributed by atoms with Crippen LogP contribution in [0.3, 0.4) is 0 Å². The Kier molecular flexibility index (Phi) is 4.57. The Morgan fingerprint density at radius 2 is 1.85 bits per heavy atom. The van der Waals surface area contributed by atoms with E-state index < -0.39 is 0 Å². The Bertz CT molecular complexity index is 604. The fourth-order valence-corrected chi connectivity index (χ4v) is 2.26. The number of amides is 1. The summed E-state index contributed by atoms with van der Waals surface area (Å²) in [4.78, 5) is 14.2. The molecular formula is C18H21NO. The van der Waals surface area contributed by atoms with Gasteiger partial charge in [-0.25, -0.2) is 0 Å². The number of carbonyl (C=O) groups is 1. The molecule has 20 heavy (non-hydrogen) atoms. The van der Waals surface area contributed by atoms with Gasteiger partial charge in [-0.1, -0.05) is 43.3 Å². The quantitative estimate of drug-likeness (QED) is 0.824. The van der Waals surface area contributed by atoms with Crippen molar-refractivity contribution in [2.45, 2.75) is 26.8 Å². The first kappa shape index (κ1) is 14.3. The van der Waals surface area contributed by atoms with Gasteiger partial charge in [0.1, 0.15) is 0 Å². The molecular weight excluding hydrogens is 246 g/mol. The van der Waals surface area contributed by atoms with Crippen molar-refractivity contribution in [1.29, 1.82) is 0 Å². The number of carbonyl (C=O) groups excluding carboxylic acids is 1. The van der Waals surface area contributed by atoms with E-state index in [4.69, 9.17) is 0 Å². The monoisotopic (exact) mass is 267 g/mol. The van der Waals surface area contributed by atoms with Crippen molar-refractivity contribution < 1.29 is 4.79 Å². The summed E-state index contributed by atoms with van der Waals surface area (Å²) in [7, 11) is 1.85. The molecule has 0 radical (unpaired) electrons. The minimum atomic E-state index is 0.0727. The van der Waals surface area contributed by atoms with Gasteiger partial charge in [-0.15, -0.1) is 0 Å². The zero-order chi connectivity index (χ0) is 14.5. The number of hydrogen-bond acceptors (Lipinski definition) is 1. The van der Waals surface area contributed by atoms with Crippen LogP contribution >= 0.6 is 0 Å². The van der Waals surface area contributed by atoms with Gasteiger partial charge in [-0.3, -0.25) is 4.79 Å². The topological polar surface area (TPSA) is 20.3 Å². The van der Waals surface area contributed by atoms with Crippen molar-refractivity contribution in [3.63, 3.8) is 0 Å². The Balaban J connectivity index is 2.14. The lowest BCUT2D eigenvalue weighted by atomic mass is 10.1. The van der Waals surface area contributed by atoms with E-state index in [9.17, 15) is 4.79 Å². The number of aryl methyl sites for hydroxylation is 2. The summed E-state index contributed by atoms with van der Waals surface area (Å²) in [5.74, 6) is 0.0727. The Hall–Kier alpha value is -2.09. The Morgan fingerprint density at radius 1 is 1.10 bits per heavy atom. The van der Waals surface area contributed by atoms with Crippen LogP contribution < -0.4 is 0 Å². The van der Waals surface area contributed by atoms with Gasteiger partial charge in [0, 0.05) is 19.2 Å². The van der Waals surface area contributed by atoms with Crippen LogP contribution in [0.4, 0.5) is 0 Å². The van der Waals surface area contributed by atoms with Crippen LogP contribution in [0.25, 0.3) is 0 Å². The maximum atomic E-state index is 12.5. The minimum absolute atomic E-state index is 0.0727. The molecule has 104 valence electrons. The van der Waals surface area contributed by atoms with Gasteiger partial charge in [0.05, 0.1) is 0 Å². The lowest BCUT2D eigenvalue weighted by Crippen LogP contribution is -2.26. The van der Waals surface area contributed by atoms with E-state index >= 15 is 0 Å². The second kappa shape index (κ2) is 6.38. The molecule has 0 aliphatic heterocycles. The summed E-state index contributed by atoms with van der Waals surface area (Å²) in [6.45, 7) is 4.81.